The van der Waals surface area contributed by atoms with Crippen LogP contribution in [0.3, 0.4) is 0 Å². The number of nitrogens with zero attached hydrogens (tertiary/aromatic N) is 6. The molecule has 3 aromatic rings. The summed E-state index contributed by atoms with van der Waals surface area (Å²) in [7, 11) is 1.83. The zero-order valence-corrected chi connectivity index (χ0v) is 16.5. The van der Waals surface area contributed by atoms with Gasteiger partial charge in [-0.1, -0.05) is 30.3 Å². The van der Waals surface area contributed by atoms with Crippen molar-refractivity contribution in [3.05, 3.63) is 78.2 Å². The van der Waals surface area contributed by atoms with E-state index in [0.29, 0.717) is 12.1 Å². The van der Waals surface area contributed by atoms with E-state index < -0.39 is 0 Å². The van der Waals surface area contributed by atoms with Gasteiger partial charge in [-0.15, -0.1) is 0 Å². The molecule has 7 heteroatoms. The molecular formula is C22H24N6O. The van der Waals surface area contributed by atoms with Crippen molar-refractivity contribution < 1.29 is 4.79 Å². The third-order valence-electron chi connectivity index (χ3n) is 5.04. The Morgan fingerprint density at radius 3 is 2.31 bits per heavy atom. The molecule has 0 saturated carbocycles. The minimum atomic E-state index is -0.00572. The highest BCUT2D eigenvalue weighted by Gasteiger charge is 2.21. The highest BCUT2D eigenvalue weighted by Crippen LogP contribution is 2.18. The van der Waals surface area contributed by atoms with Crippen LogP contribution in [0.5, 0.6) is 0 Å². The van der Waals surface area contributed by atoms with Gasteiger partial charge in [-0.2, -0.15) is 0 Å². The Morgan fingerprint density at radius 1 is 0.897 bits per heavy atom. The van der Waals surface area contributed by atoms with Gasteiger partial charge in [0, 0.05) is 63.9 Å². The number of hydrogen-bond acceptors (Lipinski definition) is 6. The fraction of sp³-hybridized carbons (Fsp3) is 0.273. The zero-order valence-electron chi connectivity index (χ0n) is 16.5. The lowest BCUT2D eigenvalue weighted by Gasteiger charge is -2.35. The average Bonchev–Trinajstić information content (AvgIpc) is 2.80. The molecular weight excluding hydrogens is 364 g/mol. The Kier molecular flexibility index (Phi) is 5.65. The zero-order chi connectivity index (χ0) is 20.1. The van der Waals surface area contributed by atoms with Gasteiger partial charge in [0.2, 0.25) is 5.95 Å². The smallest absolute Gasteiger partial charge is 0.254 e. The minimum Gasteiger partial charge on any atom is -0.353 e. The Balaban J connectivity index is 1.40. The molecule has 4 rings (SSSR count). The molecule has 1 aromatic carbocycles. The summed E-state index contributed by atoms with van der Waals surface area (Å²) >= 11 is 0. The van der Waals surface area contributed by atoms with Crippen LogP contribution in [-0.2, 0) is 6.54 Å². The molecule has 0 aliphatic carbocycles. The largest absolute Gasteiger partial charge is 0.353 e. The number of amides is 1. The highest BCUT2D eigenvalue weighted by molar-refractivity contribution is 5.94. The first-order valence-electron chi connectivity index (χ1n) is 9.73. The van der Waals surface area contributed by atoms with E-state index in [1.807, 2.05) is 49.5 Å². The SMILES string of the molecule is CN(Cc1ccccc1)C(=O)c1ccnc(N2CCN(c3ncccn3)CC2)c1. The van der Waals surface area contributed by atoms with Gasteiger partial charge in [0.25, 0.3) is 5.91 Å². The van der Waals surface area contributed by atoms with Gasteiger partial charge in [-0.05, 0) is 23.8 Å². The van der Waals surface area contributed by atoms with Crippen LogP contribution in [0.25, 0.3) is 0 Å². The van der Waals surface area contributed by atoms with E-state index >= 15 is 0 Å². The summed E-state index contributed by atoms with van der Waals surface area (Å²) in [4.78, 5) is 32.1. The molecule has 3 heterocycles. The topological polar surface area (TPSA) is 65.5 Å². The predicted octanol–water partition coefficient (Wildman–Crippen LogP) is 2.47. The number of pyridine rings is 1. The second-order valence-corrected chi connectivity index (χ2v) is 7.07. The molecule has 0 radical (unpaired) electrons. The van der Waals surface area contributed by atoms with Crippen molar-refractivity contribution in [1.82, 2.24) is 19.9 Å². The number of aromatic nitrogens is 3. The maximum atomic E-state index is 12.9. The third-order valence-corrected chi connectivity index (χ3v) is 5.04. The number of carbonyl (C=O) groups excluding carboxylic acids is 1. The van der Waals surface area contributed by atoms with E-state index in [4.69, 9.17) is 0 Å². The Hall–Kier alpha value is -3.48. The van der Waals surface area contributed by atoms with Crippen LogP contribution < -0.4 is 9.80 Å². The molecule has 0 spiro atoms. The number of anilines is 2. The lowest BCUT2D eigenvalue weighted by molar-refractivity contribution is 0.0785. The number of piperazine rings is 1. The van der Waals surface area contributed by atoms with Crippen LogP contribution in [0.15, 0.2) is 67.1 Å². The van der Waals surface area contributed by atoms with Gasteiger partial charge in [-0.25, -0.2) is 15.0 Å². The Bertz CT molecular complexity index is 942. The second-order valence-electron chi connectivity index (χ2n) is 7.07. The Morgan fingerprint density at radius 2 is 1.59 bits per heavy atom. The van der Waals surface area contributed by atoms with Crippen molar-refractivity contribution in [2.24, 2.45) is 0 Å². The van der Waals surface area contributed by atoms with Crippen LogP contribution in [0, 0.1) is 0 Å². The van der Waals surface area contributed by atoms with E-state index in [1.165, 1.54) is 0 Å². The molecule has 1 aliphatic heterocycles. The second kappa shape index (κ2) is 8.68. The normalized spacial score (nSPS) is 14.0. The standard InChI is InChI=1S/C22H24N6O/c1-26(17-18-6-3-2-4-7-18)21(29)19-8-11-23-20(16-19)27-12-14-28(15-13-27)22-24-9-5-10-25-22/h2-11,16H,12-15,17H2,1H3. The first-order valence-corrected chi connectivity index (χ1v) is 9.73. The number of rotatable bonds is 5. The van der Waals surface area contributed by atoms with Crippen molar-refractivity contribution in [3.8, 4) is 0 Å². The van der Waals surface area contributed by atoms with Crippen molar-refractivity contribution in [1.29, 1.82) is 0 Å². The predicted molar refractivity (Wildman–Crippen MR) is 113 cm³/mol. The molecule has 1 fully saturated rings. The lowest BCUT2D eigenvalue weighted by Crippen LogP contribution is -2.47. The minimum absolute atomic E-state index is 0.00572. The average molecular weight is 388 g/mol. The summed E-state index contributed by atoms with van der Waals surface area (Å²) < 4.78 is 0. The molecule has 0 atom stereocenters. The van der Waals surface area contributed by atoms with Crippen molar-refractivity contribution in [2.75, 3.05) is 43.0 Å². The third kappa shape index (κ3) is 4.51. The van der Waals surface area contributed by atoms with Crippen LogP contribution in [0.2, 0.25) is 0 Å². The van der Waals surface area contributed by atoms with Crippen LogP contribution in [0.4, 0.5) is 11.8 Å². The molecule has 2 aromatic heterocycles. The molecule has 1 amide bonds. The van der Waals surface area contributed by atoms with Gasteiger partial charge < -0.3 is 14.7 Å². The van der Waals surface area contributed by atoms with Crippen LogP contribution >= 0.6 is 0 Å². The van der Waals surface area contributed by atoms with Crippen LogP contribution in [-0.4, -0.2) is 59.0 Å². The fourth-order valence-corrected chi connectivity index (χ4v) is 3.46. The van der Waals surface area contributed by atoms with E-state index in [1.54, 1.807) is 29.6 Å². The number of carbonyl (C=O) groups is 1. The Labute approximate surface area is 170 Å². The summed E-state index contributed by atoms with van der Waals surface area (Å²) in [5.74, 6) is 1.58. The molecule has 0 N–H and O–H groups in total. The molecule has 0 bridgehead atoms. The van der Waals surface area contributed by atoms with Crippen molar-refractivity contribution in [3.63, 3.8) is 0 Å². The summed E-state index contributed by atoms with van der Waals surface area (Å²) in [5.41, 5.74) is 1.76. The summed E-state index contributed by atoms with van der Waals surface area (Å²) in [6.07, 6.45) is 5.24. The fourth-order valence-electron chi connectivity index (χ4n) is 3.46. The summed E-state index contributed by atoms with van der Waals surface area (Å²) in [6, 6.07) is 15.5. The molecule has 1 aliphatic rings. The van der Waals surface area contributed by atoms with Gasteiger partial charge in [-0.3, -0.25) is 4.79 Å². The lowest BCUT2D eigenvalue weighted by atomic mass is 10.2. The van der Waals surface area contributed by atoms with E-state index in [-0.39, 0.29) is 5.91 Å². The number of benzene rings is 1. The first-order chi connectivity index (χ1) is 14.2. The van der Waals surface area contributed by atoms with Gasteiger partial charge in [0.05, 0.1) is 0 Å². The van der Waals surface area contributed by atoms with E-state index in [2.05, 4.69) is 24.8 Å². The first kappa shape index (κ1) is 18.9. The van der Waals surface area contributed by atoms with Crippen LogP contribution in [0.1, 0.15) is 15.9 Å². The highest BCUT2D eigenvalue weighted by atomic mass is 16.2. The van der Waals surface area contributed by atoms with Gasteiger partial charge >= 0.3 is 0 Å². The molecule has 148 valence electrons. The van der Waals surface area contributed by atoms with Gasteiger partial charge in [0.1, 0.15) is 5.82 Å². The maximum absolute atomic E-state index is 12.9. The summed E-state index contributed by atoms with van der Waals surface area (Å²) in [5, 5.41) is 0. The molecule has 7 nitrogen and oxygen atoms in total. The number of hydrogen-bond donors (Lipinski definition) is 0. The van der Waals surface area contributed by atoms with E-state index in [9.17, 15) is 4.79 Å². The quantitative estimate of drug-likeness (QED) is 0.669. The van der Waals surface area contributed by atoms with Crippen molar-refractivity contribution >= 4 is 17.7 Å². The van der Waals surface area contributed by atoms with E-state index in [0.717, 1.165) is 43.5 Å². The maximum Gasteiger partial charge on any atom is 0.254 e. The van der Waals surface area contributed by atoms with Crippen molar-refractivity contribution in [2.45, 2.75) is 6.54 Å². The molecule has 0 unspecified atom stereocenters. The monoisotopic (exact) mass is 388 g/mol. The summed E-state index contributed by atoms with van der Waals surface area (Å²) in [6.45, 7) is 3.83. The van der Waals surface area contributed by atoms with Gasteiger partial charge in [0.15, 0.2) is 0 Å². The molecule has 1 saturated heterocycles. The molecule has 29 heavy (non-hydrogen) atoms.